The highest BCUT2D eigenvalue weighted by atomic mass is 35.5. The number of hydrogen-bond acceptors (Lipinski definition) is 2. The second-order valence-electron chi connectivity index (χ2n) is 4.51. The van der Waals surface area contributed by atoms with Gasteiger partial charge in [-0.2, -0.15) is 0 Å². The van der Waals surface area contributed by atoms with Gasteiger partial charge in [0.1, 0.15) is 0 Å². The summed E-state index contributed by atoms with van der Waals surface area (Å²) >= 11 is 12.3. The summed E-state index contributed by atoms with van der Waals surface area (Å²) in [6, 6.07) is 5.66. The number of methoxy groups -OCH3 is 1. The fourth-order valence-electron chi connectivity index (χ4n) is 2.57. The van der Waals surface area contributed by atoms with Gasteiger partial charge >= 0.3 is 0 Å². The molecule has 1 fully saturated rings. The molecule has 1 saturated carbocycles. The molecule has 4 heteroatoms. The third kappa shape index (κ3) is 2.32. The van der Waals surface area contributed by atoms with Crippen LogP contribution in [-0.4, -0.2) is 19.8 Å². The maximum atomic E-state index is 6.26. The Bertz CT molecular complexity index is 399. The van der Waals surface area contributed by atoms with Crippen molar-refractivity contribution in [2.75, 3.05) is 14.2 Å². The maximum absolute atomic E-state index is 6.26. The average Bonchev–Trinajstić information content (AvgIpc) is 2.27. The molecule has 1 atom stereocenters. The van der Waals surface area contributed by atoms with Gasteiger partial charge in [0, 0.05) is 17.2 Å². The highest BCUT2D eigenvalue weighted by molar-refractivity contribution is 6.33. The monoisotopic (exact) mass is 273 g/mol. The number of likely N-dealkylation sites (N-methyl/N-ethyl adjacent to an activating group) is 1. The zero-order chi connectivity index (χ0) is 12.5. The van der Waals surface area contributed by atoms with Crippen molar-refractivity contribution in [3.63, 3.8) is 0 Å². The van der Waals surface area contributed by atoms with Crippen molar-refractivity contribution < 1.29 is 4.74 Å². The van der Waals surface area contributed by atoms with Gasteiger partial charge in [-0.25, -0.2) is 0 Å². The number of rotatable bonds is 4. The lowest BCUT2D eigenvalue weighted by Gasteiger charge is -2.46. The van der Waals surface area contributed by atoms with Crippen molar-refractivity contribution >= 4 is 23.2 Å². The van der Waals surface area contributed by atoms with Crippen molar-refractivity contribution in [3.8, 4) is 0 Å². The Morgan fingerprint density at radius 3 is 2.53 bits per heavy atom. The number of halogens is 2. The molecule has 1 aromatic carbocycles. The van der Waals surface area contributed by atoms with Gasteiger partial charge in [-0.1, -0.05) is 23.2 Å². The summed E-state index contributed by atoms with van der Waals surface area (Å²) in [7, 11) is 3.70. The smallest absolute Gasteiger partial charge is 0.0873 e. The molecule has 1 aliphatic rings. The molecular formula is C13H17Cl2NO. The highest BCUT2D eigenvalue weighted by Gasteiger charge is 2.45. The molecule has 0 heterocycles. The predicted molar refractivity (Wildman–Crippen MR) is 71.9 cm³/mol. The number of ether oxygens (including phenoxy) is 1. The molecule has 94 valence electrons. The third-order valence-corrected chi connectivity index (χ3v) is 4.27. The summed E-state index contributed by atoms with van der Waals surface area (Å²) in [6.07, 6.45) is 3.31. The summed E-state index contributed by atoms with van der Waals surface area (Å²) in [5.74, 6) is 0. The number of hydrogen-bond donors (Lipinski definition) is 1. The molecule has 0 saturated heterocycles. The van der Waals surface area contributed by atoms with Crippen LogP contribution < -0.4 is 5.32 Å². The van der Waals surface area contributed by atoms with E-state index in [-0.39, 0.29) is 11.6 Å². The Balaban J connectivity index is 2.37. The number of benzene rings is 1. The summed E-state index contributed by atoms with van der Waals surface area (Å²) in [5, 5.41) is 4.75. The average molecular weight is 274 g/mol. The van der Waals surface area contributed by atoms with E-state index >= 15 is 0 Å². The second kappa shape index (κ2) is 5.15. The quantitative estimate of drug-likeness (QED) is 0.901. The van der Waals surface area contributed by atoms with Crippen LogP contribution in [0.3, 0.4) is 0 Å². The molecule has 1 aliphatic carbocycles. The van der Waals surface area contributed by atoms with Crippen LogP contribution >= 0.6 is 23.2 Å². The molecule has 2 nitrogen and oxygen atoms in total. The van der Waals surface area contributed by atoms with Gasteiger partial charge in [-0.05, 0) is 50.1 Å². The minimum absolute atomic E-state index is 0.0902. The lowest BCUT2D eigenvalue weighted by molar-refractivity contribution is -0.0982. The molecule has 0 spiro atoms. The fourth-order valence-corrected chi connectivity index (χ4v) is 2.98. The van der Waals surface area contributed by atoms with E-state index in [1.807, 2.05) is 19.2 Å². The zero-order valence-electron chi connectivity index (χ0n) is 10.1. The third-order valence-electron chi connectivity index (χ3n) is 3.69. The van der Waals surface area contributed by atoms with Gasteiger partial charge in [0.15, 0.2) is 0 Å². The molecule has 0 aromatic heterocycles. The predicted octanol–water partition coefficient (Wildman–Crippen LogP) is 3.82. The van der Waals surface area contributed by atoms with E-state index in [0.717, 1.165) is 23.4 Å². The van der Waals surface area contributed by atoms with E-state index in [2.05, 4.69) is 5.32 Å². The van der Waals surface area contributed by atoms with Gasteiger partial charge in [0.25, 0.3) is 0 Å². The van der Waals surface area contributed by atoms with Crippen LogP contribution in [0.4, 0.5) is 0 Å². The van der Waals surface area contributed by atoms with Crippen LogP contribution in [0.5, 0.6) is 0 Å². The van der Waals surface area contributed by atoms with Crippen LogP contribution in [0.15, 0.2) is 18.2 Å². The Morgan fingerprint density at radius 2 is 2.06 bits per heavy atom. The van der Waals surface area contributed by atoms with Crippen molar-refractivity contribution in [1.29, 1.82) is 0 Å². The first-order valence-corrected chi connectivity index (χ1v) is 6.56. The summed E-state index contributed by atoms with van der Waals surface area (Å²) in [4.78, 5) is 0. The van der Waals surface area contributed by atoms with E-state index in [1.54, 1.807) is 13.2 Å². The minimum Gasteiger partial charge on any atom is -0.376 e. The Kier molecular flexibility index (Phi) is 3.99. The van der Waals surface area contributed by atoms with E-state index in [0.29, 0.717) is 5.02 Å². The molecule has 17 heavy (non-hydrogen) atoms. The molecule has 1 aromatic rings. The van der Waals surface area contributed by atoms with Crippen LogP contribution in [0, 0.1) is 0 Å². The van der Waals surface area contributed by atoms with Gasteiger partial charge in [-0.3, -0.25) is 0 Å². The van der Waals surface area contributed by atoms with Gasteiger partial charge in [0.05, 0.1) is 11.6 Å². The molecule has 0 radical (unpaired) electrons. The minimum atomic E-state index is -0.136. The molecule has 1 unspecified atom stereocenters. The Labute approximate surface area is 112 Å². The maximum Gasteiger partial charge on any atom is 0.0873 e. The molecule has 2 rings (SSSR count). The molecular weight excluding hydrogens is 257 g/mol. The lowest BCUT2D eigenvalue weighted by atomic mass is 9.72. The Morgan fingerprint density at radius 1 is 1.35 bits per heavy atom. The molecule has 1 N–H and O–H groups in total. The summed E-state index contributed by atoms with van der Waals surface area (Å²) in [6.45, 7) is 0. The SMILES string of the molecule is CNC(c1cc(Cl)ccc1Cl)C1(OC)CCC1. The van der Waals surface area contributed by atoms with Gasteiger partial charge < -0.3 is 10.1 Å². The second-order valence-corrected chi connectivity index (χ2v) is 5.35. The molecule has 0 bridgehead atoms. The van der Waals surface area contributed by atoms with Crippen LogP contribution in [0.2, 0.25) is 10.0 Å². The first-order chi connectivity index (χ1) is 8.13. The van der Waals surface area contributed by atoms with E-state index in [4.69, 9.17) is 27.9 Å². The fraction of sp³-hybridized carbons (Fsp3) is 0.538. The van der Waals surface area contributed by atoms with Crippen LogP contribution in [-0.2, 0) is 4.74 Å². The first kappa shape index (κ1) is 13.2. The van der Waals surface area contributed by atoms with E-state index in [9.17, 15) is 0 Å². The zero-order valence-corrected chi connectivity index (χ0v) is 11.6. The first-order valence-electron chi connectivity index (χ1n) is 5.80. The van der Waals surface area contributed by atoms with Crippen molar-refractivity contribution in [2.45, 2.75) is 30.9 Å². The lowest BCUT2D eigenvalue weighted by Crippen LogP contribution is -2.49. The van der Waals surface area contributed by atoms with Gasteiger partial charge in [0.2, 0.25) is 0 Å². The van der Waals surface area contributed by atoms with Crippen molar-refractivity contribution in [1.82, 2.24) is 5.32 Å². The van der Waals surface area contributed by atoms with Gasteiger partial charge in [-0.15, -0.1) is 0 Å². The van der Waals surface area contributed by atoms with E-state index < -0.39 is 0 Å². The van der Waals surface area contributed by atoms with Crippen molar-refractivity contribution in [3.05, 3.63) is 33.8 Å². The summed E-state index contributed by atoms with van der Waals surface area (Å²) in [5.41, 5.74) is 0.881. The van der Waals surface area contributed by atoms with Crippen LogP contribution in [0.25, 0.3) is 0 Å². The topological polar surface area (TPSA) is 21.3 Å². The Hall–Kier alpha value is -0.280. The summed E-state index contributed by atoms with van der Waals surface area (Å²) < 4.78 is 5.71. The highest BCUT2D eigenvalue weighted by Crippen LogP contribution is 2.46. The van der Waals surface area contributed by atoms with Crippen molar-refractivity contribution in [2.24, 2.45) is 0 Å². The van der Waals surface area contributed by atoms with Crippen LogP contribution in [0.1, 0.15) is 30.9 Å². The number of nitrogens with one attached hydrogen (secondary N) is 1. The van der Waals surface area contributed by atoms with E-state index in [1.165, 1.54) is 6.42 Å². The largest absolute Gasteiger partial charge is 0.376 e. The normalized spacial score (nSPS) is 19.8. The molecule has 0 amide bonds. The standard InChI is InChI=1S/C13H17Cl2NO/c1-16-12(13(17-2)6-3-7-13)10-8-9(14)4-5-11(10)15/h4-5,8,12,16H,3,6-7H2,1-2H3. The molecule has 0 aliphatic heterocycles.